The molecule has 142 valence electrons. The van der Waals surface area contributed by atoms with Gasteiger partial charge in [0.25, 0.3) is 0 Å². The first-order valence-corrected chi connectivity index (χ1v) is 10.4. The summed E-state index contributed by atoms with van der Waals surface area (Å²) in [7, 11) is 0. The van der Waals surface area contributed by atoms with Crippen molar-refractivity contribution in [2.24, 2.45) is 5.92 Å². The second-order valence-corrected chi connectivity index (χ2v) is 8.22. The van der Waals surface area contributed by atoms with Crippen molar-refractivity contribution in [1.29, 1.82) is 0 Å². The lowest BCUT2D eigenvalue weighted by Crippen LogP contribution is -2.51. The van der Waals surface area contributed by atoms with Crippen LogP contribution in [0.1, 0.15) is 50.5 Å². The van der Waals surface area contributed by atoms with Crippen molar-refractivity contribution in [1.82, 2.24) is 21.1 Å². The fourth-order valence-corrected chi connectivity index (χ4v) is 4.85. The predicted molar refractivity (Wildman–Crippen MR) is 103 cm³/mol. The summed E-state index contributed by atoms with van der Waals surface area (Å²) in [6, 6.07) is 11.4. The first kappa shape index (κ1) is 18.0. The summed E-state index contributed by atoms with van der Waals surface area (Å²) in [6.45, 7) is 3.13. The number of hydrogen-bond acceptors (Lipinski definition) is 4. The maximum Gasteiger partial charge on any atom is 0.239 e. The van der Waals surface area contributed by atoms with Crippen molar-refractivity contribution in [2.45, 2.75) is 69.6 Å². The highest BCUT2D eigenvalue weighted by molar-refractivity contribution is 5.82. The van der Waals surface area contributed by atoms with Crippen LogP contribution in [-0.2, 0) is 11.3 Å². The van der Waals surface area contributed by atoms with Gasteiger partial charge in [-0.15, -0.1) is 0 Å². The van der Waals surface area contributed by atoms with E-state index in [9.17, 15) is 4.79 Å². The molecule has 2 heterocycles. The van der Waals surface area contributed by atoms with Gasteiger partial charge in [-0.1, -0.05) is 49.6 Å². The summed E-state index contributed by atoms with van der Waals surface area (Å²) >= 11 is 0. The Morgan fingerprint density at radius 1 is 1.00 bits per heavy atom. The van der Waals surface area contributed by atoms with Crippen molar-refractivity contribution in [3.8, 4) is 0 Å². The third-order valence-corrected chi connectivity index (χ3v) is 6.39. The molecule has 1 aromatic carbocycles. The van der Waals surface area contributed by atoms with Crippen molar-refractivity contribution in [2.75, 3.05) is 13.1 Å². The van der Waals surface area contributed by atoms with E-state index in [-0.39, 0.29) is 11.9 Å². The fraction of sp³-hybridized carbons (Fsp3) is 0.667. The van der Waals surface area contributed by atoms with E-state index in [1.165, 1.54) is 31.2 Å². The van der Waals surface area contributed by atoms with Gasteiger partial charge in [0.15, 0.2) is 0 Å². The third-order valence-electron chi connectivity index (χ3n) is 6.39. The van der Waals surface area contributed by atoms with E-state index in [4.69, 9.17) is 0 Å². The third kappa shape index (κ3) is 4.27. The van der Waals surface area contributed by atoms with Gasteiger partial charge >= 0.3 is 0 Å². The van der Waals surface area contributed by atoms with Crippen LogP contribution < -0.4 is 16.2 Å². The fourth-order valence-electron chi connectivity index (χ4n) is 4.85. The van der Waals surface area contributed by atoms with Crippen LogP contribution in [0.4, 0.5) is 0 Å². The Morgan fingerprint density at radius 2 is 1.77 bits per heavy atom. The molecule has 26 heavy (non-hydrogen) atoms. The molecule has 5 nitrogen and oxygen atoms in total. The molecule has 0 radical (unpaired) electrons. The number of piperidine rings is 1. The first-order chi connectivity index (χ1) is 12.8. The Labute approximate surface area is 156 Å². The van der Waals surface area contributed by atoms with Gasteiger partial charge in [-0.3, -0.25) is 15.1 Å². The summed E-state index contributed by atoms with van der Waals surface area (Å²) in [6.07, 6.45) is 8.30. The molecule has 1 aromatic rings. The SMILES string of the molecule is O=C(NC1CCN(Cc2ccccc2)CC1)C1NNC2CCCCCC21. The average Bonchev–Trinajstić information content (AvgIpc) is 2.93. The van der Waals surface area contributed by atoms with Gasteiger partial charge in [0.1, 0.15) is 6.04 Å². The molecule has 0 spiro atoms. The topological polar surface area (TPSA) is 56.4 Å². The van der Waals surface area contributed by atoms with Gasteiger partial charge in [-0.2, -0.15) is 0 Å². The van der Waals surface area contributed by atoms with Gasteiger partial charge in [0, 0.05) is 37.6 Å². The number of likely N-dealkylation sites (tertiary alicyclic amines) is 1. The van der Waals surface area contributed by atoms with Crippen LogP contribution >= 0.6 is 0 Å². The largest absolute Gasteiger partial charge is 0.352 e. The molecule has 1 amide bonds. The van der Waals surface area contributed by atoms with Crippen LogP contribution in [0.5, 0.6) is 0 Å². The van der Waals surface area contributed by atoms with Crippen LogP contribution in [0.25, 0.3) is 0 Å². The molecule has 5 heteroatoms. The number of amides is 1. The maximum absolute atomic E-state index is 12.8. The van der Waals surface area contributed by atoms with Crippen molar-refractivity contribution >= 4 is 5.91 Å². The van der Waals surface area contributed by atoms with Crippen LogP contribution in [0.3, 0.4) is 0 Å². The van der Waals surface area contributed by atoms with Crippen LogP contribution in [-0.4, -0.2) is 42.0 Å². The number of carbonyl (C=O) groups excluding carboxylic acids is 1. The molecule has 2 saturated heterocycles. The molecule has 1 saturated carbocycles. The Kier molecular flexibility index (Phi) is 5.88. The molecule has 1 aliphatic carbocycles. The zero-order chi connectivity index (χ0) is 17.8. The summed E-state index contributed by atoms with van der Waals surface area (Å²) in [5.41, 5.74) is 8.04. The average molecular weight is 357 g/mol. The predicted octanol–water partition coefficient (Wildman–Crippen LogP) is 2.19. The molecule has 3 unspecified atom stereocenters. The highest BCUT2D eigenvalue weighted by Gasteiger charge is 2.40. The first-order valence-electron chi connectivity index (χ1n) is 10.4. The molecule has 3 atom stereocenters. The summed E-state index contributed by atoms with van der Waals surface area (Å²) < 4.78 is 0. The van der Waals surface area contributed by atoms with Gasteiger partial charge in [0.05, 0.1) is 0 Å². The van der Waals surface area contributed by atoms with E-state index < -0.39 is 0 Å². The van der Waals surface area contributed by atoms with Crippen molar-refractivity contribution in [3.05, 3.63) is 35.9 Å². The summed E-state index contributed by atoms with van der Waals surface area (Å²) in [5.74, 6) is 0.657. The van der Waals surface area contributed by atoms with Gasteiger partial charge in [-0.05, 0) is 31.2 Å². The summed E-state index contributed by atoms with van der Waals surface area (Å²) in [5, 5.41) is 3.33. The van der Waals surface area contributed by atoms with E-state index in [2.05, 4.69) is 51.4 Å². The normalized spacial score (nSPS) is 30.5. The van der Waals surface area contributed by atoms with E-state index in [1.54, 1.807) is 0 Å². The number of rotatable bonds is 4. The standard InChI is InChI=1S/C21H32N4O/c26-21(20-18-9-5-2-6-10-19(18)23-24-20)22-17-11-13-25(14-12-17)15-16-7-3-1-4-8-16/h1,3-4,7-8,17-20,23-24H,2,5-6,9-15H2,(H,22,26). The highest BCUT2D eigenvalue weighted by Crippen LogP contribution is 2.29. The minimum Gasteiger partial charge on any atom is -0.352 e. The zero-order valence-corrected chi connectivity index (χ0v) is 15.6. The minimum atomic E-state index is -0.0551. The number of hydrogen-bond donors (Lipinski definition) is 3. The Morgan fingerprint density at radius 3 is 2.58 bits per heavy atom. The number of benzene rings is 1. The van der Waals surface area contributed by atoms with Crippen molar-refractivity contribution in [3.63, 3.8) is 0 Å². The molecular weight excluding hydrogens is 324 g/mol. The highest BCUT2D eigenvalue weighted by atomic mass is 16.2. The smallest absolute Gasteiger partial charge is 0.239 e. The monoisotopic (exact) mass is 356 g/mol. The summed E-state index contributed by atoms with van der Waals surface area (Å²) in [4.78, 5) is 15.3. The lowest BCUT2D eigenvalue weighted by Gasteiger charge is -2.33. The number of fused-ring (bicyclic) bond motifs is 1. The van der Waals surface area contributed by atoms with E-state index >= 15 is 0 Å². The molecular formula is C21H32N4O. The Bertz CT molecular complexity index is 585. The molecule has 3 fully saturated rings. The molecule has 0 bridgehead atoms. The quantitative estimate of drug-likeness (QED) is 0.774. The lowest BCUT2D eigenvalue weighted by atomic mass is 9.89. The molecule has 4 rings (SSSR count). The minimum absolute atomic E-state index is 0.0551. The van der Waals surface area contributed by atoms with Gasteiger partial charge in [0.2, 0.25) is 5.91 Å². The van der Waals surface area contributed by atoms with Crippen LogP contribution in [0.2, 0.25) is 0 Å². The molecule has 2 aliphatic heterocycles. The second kappa shape index (κ2) is 8.51. The van der Waals surface area contributed by atoms with Crippen LogP contribution in [0, 0.1) is 5.92 Å². The zero-order valence-electron chi connectivity index (χ0n) is 15.6. The van der Waals surface area contributed by atoms with E-state index in [0.29, 0.717) is 18.0 Å². The second-order valence-electron chi connectivity index (χ2n) is 8.22. The number of nitrogens with zero attached hydrogens (tertiary/aromatic N) is 1. The van der Waals surface area contributed by atoms with Crippen molar-refractivity contribution < 1.29 is 4.79 Å². The molecule has 3 aliphatic rings. The van der Waals surface area contributed by atoms with E-state index in [0.717, 1.165) is 38.9 Å². The molecule has 0 aromatic heterocycles. The Balaban J connectivity index is 1.24. The van der Waals surface area contributed by atoms with Gasteiger partial charge < -0.3 is 5.32 Å². The number of carbonyl (C=O) groups is 1. The number of nitrogens with one attached hydrogen (secondary N) is 3. The molecule has 3 N–H and O–H groups in total. The van der Waals surface area contributed by atoms with E-state index in [1.807, 2.05) is 0 Å². The Hall–Kier alpha value is -1.43. The number of hydrazine groups is 1. The van der Waals surface area contributed by atoms with Gasteiger partial charge in [-0.25, -0.2) is 5.43 Å². The lowest BCUT2D eigenvalue weighted by molar-refractivity contribution is -0.124. The maximum atomic E-state index is 12.8. The van der Waals surface area contributed by atoms with Crippen LogP contribution in [0.15, 0.2) is 30.3 Å².